The van der Waals surface area contributed by atoms with Crippen LogP contribution >= 0.6 is 23.6 Å². The fraction of sp³-hybridized carbons (Fsp3) is 0.200. The molecular weight excluding hydrogens is 384 g/mol. The Kier molecular flexibility index (Phi) is 5.38. The molecule has 0 spiro atoms. The van der Waals surface area contributed by atoms with Crippen molar-refractivity contribution in [3.05, 3.63) is 51.5 Å². The van der Waals surface area contributed by atoms with E-state index in [4.69, 9.17) is 12.2 Å². The summed E-state index contributed by atoms with van der Waals surface area (Å²) in [5.41, 5.74) is 1.04. The van der Waals surface area contributed by atoms with Crippen molar-refractivity contribution in [2.75, 3.05) is 5.32 Å². The number of rotatable bonds is 6. The van der Waals surface area contributed by atoms with Crippen LogP contribution in [0.25, 0.3) is 0 Å². The van der Waals surface area contributed by atoms with Crippen molar-refractivity contribution >= 4 is 34.6 Å². The largest absolute Gasteiger partial charge is 0.435 e. The third-order valence-corrected chi connectivity index (χ3v) is 4.60. The number of aromatic nitrogens is 4. The average molecular weight is 397 g/mol. The Labute approximate surface area is 155 Å². The zero-order valence-corrected chi connectivity index (χ0v) is 15.0. The topological polar surface area (TPSA) is 84.8 Å². The van der Waals surface area contributed by atoms with Gasteiger partial charge in [-0.2, -0.15) is 13.9 Å². The van der Waals surface area contributed by atoms with Gasteiger partial charge in [0.25, 0.3) is 5.91 Å². The first-order valence-corrected chi connectivity index (χ1v) is 8.62. The van der Waals surface area contributed by atoms with Crippen molar-refractivity contribution in [3.63, 3.8) is 0 Å². The van der Waals surface area contributed by atoms with Crippen LogP contribution in [-0.2, 0) is 13.5 Å². The number of benzene rings is 1. The van der Waals surface area contributed by atoms with Crippen molar-refractivity contribution in [1.82, 2.24) is 19.7 Å². The van der Waals surface area contributed by atoms with Gasteiger partial charge in [0, 0.05) is 18.0 Å². The minimum atomic E-state index is -2.91. The molecule has 11 heteroatoms. The van der Waals surface area contributed by atoms with E-state index in [1.54, 1.807) is 11.6 Å². The molecular formula is C15H13F2N5O2S2. The lowest BCUT2D eigenvalue weighted by Gasteiger charge is -2.05. The summed E-state index contributed by atoms with van der Waals surface area (Å²) in [6, 6.07) is 5.41. The number of alkyl halides is 2. The molecule has 0 aliphatic heterocycles. The Morgan fingerprint density at radius 1 is 1.42 bits per heavy atom. The van der Waals surface area contributed by atoms with Crippen LogP contribution in [0.1, 0.15) is 21.9 Å². The highest BCUT2D eigenvalue weighted by Gasteiger charge is 2.12. The monoisotopic (exact) mass is 397 g/mol. The molecule has 0 aliphatic rings. The van der Waals surface area contributed by atoms with Crippen LogP contribution < -0.4 is 10.1 Å². The van der Waals surface area contributed by atoms with Crippen molar-refractivity contribution in [2.24, 2.45) is 7.05 Å². The van der Waals surface area contributed by atoms with E-state index in [1.165, 1.54) is 35.6 Å². The number of ether oxygens (including phenoxy) is 1. The van der Waals surface area contributed by atoms with E-state index < -0.39 is 12.5 Å². The summed E-state index contributed by atoms with van der Waals surface area (Å²) < 4.78 is 30.8. The second-order valence-corrected chi connectivity index (χ2v) is 6.43. The number of carbonyl (C=O) groups excluding carboxylic acids is 1. The lowest BCUT2D eigenvalue weighted by Crippen LogP contribution is -2.12. The summed E-state index contributed by atoms with van der Waals surface area (Å²) in [5.74, 6) is 0.321. The highest BCUT2D eigenvalue weighted by Crippen LogP contribution is 2.20. The van der Waals surface area contributed by atoms with Crippen molar-refractivity contribution in [3.8, 4) is 5.75 Å². The first kappa shape index (κ1) is 18.1. The molecule has 0 saturated carbocycles. The molecule has 0 saturated heterocycles. The maximum absolute atomic E-state index is 12.2. The van der Waals surface area contributed by atoms with Gasteiger partial charge < -0.3 is 9.30 Å². The Balaban J connectivity index is 1.64. The van der Waals surface area contributed by atoms with E-state index in [0.717, 1.165) is 11.5 Å². The highest BCUT2D eigenvalue weighted by molar-refractivity contribution is 7.71. The molecule has 136 valence electrons. The van der Waals surface area contributed by atoms with E-state index in [2.05, 4.69) is 25.2 Å². The summed E-state index contributed by atoms with van der Waals surface area (Å²) in [6.45, 7) is -2.91. The smallest absolute Gasteiger partial charge is 0.387 e. The average Bonchev–Trinajstić information content (AvgIpc) is 3.16. The normalized spacial score (nSPS) is 10.9. The molecule has 2 aromatic heterocycles. The predicted molar refractivity (Wildman–Crippen MR) is 94.3 cm³/mol. The van der Waals surface area contributed by atoms with Gasteiger partial charge in [0.2, 0.25) is 0 Å². The molecule has 0 bridgehead atoms. The number of amides is 1. The molecule has 0 fully saturated rings. The number of hydrogen-bond acceptors (Lipinski definition) is 6. The van der Waals surface area contributed by atoms with Crippen LogP contribution in [0.5, 0.6) is 5.75 Å². The van der Waals surface area contributed by atoms with E-state index in [0.29, 0.717) is 21.9 Å². The highest BCUT2D eigenvalue weighted by atomic mass is 32.1. The van der Waals surface area contributed by atoms with Gasteiger partial charge in [-0.1, -0.05) is 0 Å². The van der Waals surface area contributed by atoms with Crippen molar-refractivity contribution in [2.45, 2.75) is 13.0 Å². The van der Waals surface area contributed by atoms with E-state index >= 15 is 0 Å². The van der Waals surface area contributed by atoms with Crippen molar-refractivity contribution < 1.29 is 18.3 Å². The molecule has 0 radical (unpaired) electrons. The summed E-state index contributed by atoms with van der Waals surface area (Å²) >= 11 is 6.33. The van der Waals surface area contributed by atoms with E-state index in [9.17, 15) is 13.6 Å². The molecule has 26 heavy (non-hydrogen) atoms. The SMILES string of the molecule is Cn1c(Cc2csc(NC(=O)c3ccc(OC(F)F)cc3)n2)n[nH]c1=S. The molecule has 2 N–H and O–H groups in total. The summed E-state index contributed by atoms with van der Waals surface area (Å²) in [6.07, 6.45) is 0.468. The Morgan fingerprint density at radius 3 is 2.77 bits per heavy atom. The first-order valence-electron chi connectivity index (χ1n) is 7.33. The maximum atomic E-state index is 12.2. The number of anilines is 1. The van der Waals surface area contributed by atoms with Gasteiger partial charge >= 0.3 is 6.61 Å². The molecule has 0 atom stereocenters. The number of nitrogens with zero attached hydrogens (tertiary/aromatic N) is 3. The number of nitrogens with one attached hydrogen (secondary N) is 2. The molecule has 7 nitrogen and oxygen atoms in total. The third kappa shape index (κ3) is 4.29. The van der Waals surface area contributed by atoms with Gasteiger partial charge in [-0.3, -0.25) is 15.2 Å². The van der Waals surface area contributed by atoms with Gasteiger partial charge in [-0.15, -0.1) is 11.3 Å². The minimum absolute atomic E-state index is 0.0129. The number of halogens is 2. The second-order valence-electron chi connectivity index (χ2n) is 5.18. The summed E-state index contributed by atoms with van der Waals surface area (Å²) in [7, 11) is 1.80. The van der Waals surface area contributed by atoms with Crippen LogP contribution in [0.3, 0.4) is 0 Å². The molecule has 2 heterocycles. The minimum Gasteiger partial charge on any atom is -0.435 e. The quantitative estimate of drug-likeness (QED) is 0.623. The van der Waals surface area contributed by atoms with Gasteiger partial charge in [-0.25, -0.2) is 4.98 Å². The van der Waals surface area contributed by atoms with E-state index in [-0.39, 0.29) is 5.75 Å². The molecule has 0 aliphatic carbocycles. The fourth-order valence-electron chi connectivity index (χ4n) is 2.10. The fourth-order valence-corrected chi connectivity index (χ4v) is 2.96. The third-order valence-electron chi connectivity index (χ3n) is 3.43. The number of thiazole rings is 1. The summed E-state index contributed by atoms with van der Waals surface area (Å²) in [4.78, 5) is 16.5. The van der Waals surface area contributed by atoms with Crippen molar-refractivity contribution in [1.29, 1.82) is 0 Å². The lowest BCUT2D eigenvalue weighted by molar-refractivity contribution is -0.0498. The standard InChI is InChI=1S/C15H13F2N5O2S2/c1-22-11(20-21-15(22)25)6-9-7-26-14(18-9)19-12(23)8-2-4-10(5-3-8)24-13(16)17/h2-5,7,13H,6H2,1H3,(H,21,25)(H,18,19,23). The Morgan fingerprint density at radius 2 is 2.15 bits per heavy atom. The summed E-state index contributed by atoms with van der Waals surface area (Å²) in [5, 5.41) is 11.7. The number of H-pyrrole nitrogens is 1. The zero-order chi connectivity index (χ0) is 18.7. The molecule has 3 rings (SSSR count). The zero-order valence-electron chi connectivity index (χ0n) is 13.4. The van der Waals surface area contributed by atoms with Crippen LogP contribution in [0.4, 0.5) is 13.9 Å². The first-order chi connectivity index (χ1) is 12.4. The van der Waals surface area contributed by atoms with Gasteiger partial charge in [0.05, 0.1) is 12.1 Å². The van der Waals surface area contributed by atoms with Crippen LogP contribution in [0.15, 0.2) is 29.6 Å². The van der Waals surface area contributed by atoms with E-state index in [1.807, 2.05) is 5.38 Å². The number of aromatic amines is 1. The lowest BCUT2D eigenvalue weighted by atomic mass is 10.2. The van der Waals surface area contributed by atoms with Gasteiger partial charge in [-0.05, 0) is 36.5 Å². The maximum Gasteiger partial charge on any atom is 0.387 e. The Hall–Kier alpha value is -2.66. The predicted octanol–water partition coefficient (Wildman–Crippen LogP) is 3.38. The number of carbonyl (C=O) groups is 1. The number of hydrogen-bond donors (Lipinski definition) is 2. The van der Waals surface area contributed by atoms with Crippen LogP contribution in [0.2, 0.25) is 0 Å². The molecule has 1 aromatic carbocycles. The van der Waals surface area contributed by atoms with Gasteiger partial charge in [0.15, 0.2) is 9.90 Å². The molecule has 3 aromatic rings. The van der Waals surface area contributed by atoms with Crippen LogP contribution in [0, 0.1) is 4.77 Å². The molecule has 1 amide bonds. The second kappa shape index (κ2) is 7.70. The van der Waals surface area contributed by atoms with Gasteiger partial charge in [0.1, 0.15) is 11.6 Å². The van der Waals surface area contributed by atoms with Crippen LogP contribution in [-0.4, -0.2) is 32.3 Å². The Bertz CT molecular complexity index is 965. The molecule has 0 unspecified atom stereocenters.